The molecular formula is C71H71BN4. The SMILES string of the molecule is Cc1cc2c3c(c1)N(c1ccc(C(C)(C)C)cc1)c1cc(N(c4ccc(C(C)(C)C)cc4)c4ccc5c6ccccc6n(-c6ccccc6)c5c4)ccc1B3c1cc(C(C)(C)C)ccc1N2c1ccc(C(C)(C)C)cc1. The van der Waals surface area contributed by atoms with E-state index >= 15 is 0 Å². The van der Waals surface area contributed by atoms with Crippen molar-refractivity contribution in [2.75, 3.05) is 14.7 Å². The lowest BCUT2D eigenvalue weighted by Gasteiger charge is -2.45. The minimum absolute atomic E-state index is 0.00667. The zero-order valence-electron chi connectivity index (χ0n) is 46.8. The fraction of sp³-hybridized carbons (Fsp3) is 0.239. The normalized spacial score (nSPS) is 13.5. The van der Waals surface area contributed by atoms with Gasteiger partial charge in [0.1, 0.15) is 0 Å². The quantitative estimate of drug-likeness (QED) is 0.154. The molecule has 5 heteroatoms. The number of aromatic nitrogens is 1. The highest BCUT2D eigenvalue weighted by Gasteiger charge is 2.44. The molecule has 0 saturated heterocycles. The first-order valence-corrected chi connectivity index (χ1v) is 27.4. The summed E-state index contributed by atoms with van der Waals surface area (Å²) in [6, 6.07) is 74.1. The van der Waals surface area contributed by atoms with Gasteiger partial charge in [-0.2, -0.15) is 0 Å². The van der Waals surface area contributed by atoms with Gasteiger partial charge in [0.25, 0.3) is 6.71 Å². The summed E-state index contributed by atoms with van der Waals surface area (Å²) in [5.41, 5.74) is 24.4. The lowest BCUT2D eigenvalue weighted by Crippen LogP contribution is -2.61. The van der Waals surface area contributed by atoms with Gasteiger partial charge >= 0.3 is 0 Å². The molecule has 378 valence electrons. The van der Waals surface area contributed by atoms with Crippen molar-refractivity contribution in [1.82, 2.24) is 4.57 Å². The molecule has 10 aromatic rings. The van der Waals surface area contributed by atoms with E-state index in [2.05, 4.69) is 303 Å². The van der Waals surface area contributed by atoms with Crippen LogP contribution in [0.5, 0.6) is 0 Å². The summed E-state index contributed by atoms with van der Waals surface area (Å²) in [5, 5.41) is 2.47. The number of hydrogen-bond acceptors (Lipinski definition) is 3. The monoisotopic (exact) mass is 991 g/mol. The molecule has 12 rings (SSSR count). The second kappa shape index (κ2) is 17.7. The van der Waals surface area contributed by atoms with E-state index in [0.29, 0.717) is 0 Å². The Kier molecular flexibility index (Phi) is 11.4. The molecule has 0 fully saturated rings. The van der Waals surface area contributed by atoms with E-state index in [1.165, 1.54) is 94.4 Å². The van der Waals surface area contributed by atoms with Gasteiger partial charge in [-0.05, 0) is 170 Å². The molecule has 3 heterocycles. The van der Waals surface area contributed by atoms with Crippen molar-refractivity contribution in [3.8, 4) is 5.69 Å². The number of hydrogen-bond donors (Lipinski definition) is 0. The summed E-state index contributed by atoms with van der Waals surface area (Å²) in [6.07, 6.45) is 0. The molecule has 0 N–H and O–H groups in total. The van der Waals surface area contributed by atoms with Gasteiger partial charge in [0, 0.05) is 67.6 Å². The second-order valence-electron chi connectivity index (χ2n) is 25.7. The van der Waals surface area contributed by atoms with Crippen molar-refractivity contribution in [2.45, 2.75) is 112 Å². The van der Waals surface area contributed by atoms with Crippen LogP contribution >= 0.6 is 0 Å². The number of benzene rings is 9. The largest absolute Gasteiger partial charge is 0.311 e. The summed E-state index contributed by atoms with van der Waals surface area (Å²) < 4.78 is 2.43. The second-order valence-corrected chi connectivity index (χ2v) is 25.7. The van der Waals surface area contributed by atoms with E-state index < -0.39 is 0 Å². The van der Waals surface area contributed by atoms with E-state index in [9.17, 15) is 0 Å². The van der Waals surface area contributed by atoms with Crippen molar-refractivity contribution in [3.05, 3.63) is 222 Å². The van der Waals surface area contributed by atoms with Crippen LogP contribution in [0.4, 0.5) is 51.2 Å². The first-order valence-electron chi connectivity index (χ1n) is 27.4. The topological polar surface area (TPSA) is 14.7 Å². The molecule has 0 bridgehead atoms. The zero-order chi connectivity index (χ0) is 53.2. The Balaban J connectivity index is 1.13. The summed E-state index contributed by atoms with van der Waals surface area (Å²) in [4.78, 5) is 7.60. The van der Waals surface area contributed by atoms with Crippen LogP contribution in [0, 0.1) is 6.92 Å². The third-order valence-corrected chi connectivity index (χ3v) is 16.2. The third kappa shape index (κ3) is 8.31. The van der Waals surface area contributed by atoms with Crippen molar-refractivity contribution < 1.29 is 0 Å². The number of aryl methyl sites for hydroxylation is 1. The highest BCUT2D eigenvalue weighted by Crippen LogP contribution is 2.48. The molecule has 0 aliphatic carbocycles. The van der Waals surface area contributed by atoms with Crippen LogP contribution in [0.25, 0.3) is 27.5 Å². The summed E-state index contributed by atoms with van der Waals surface area (Å²) >= 11 is 0. The van der Waals surface area contributed by atoms with Gasteiger partial charge in [0.2, 0.25) is 0 Å². The minimum Gasteiger partial charge on any atom is -0.311 e. The smallest absolute Gasteiger partial charge is 0.252 e. The highest BCUT2D eigenvalue weighted by atomic mass is 15.2. The predicted molar refractivity (Wildman–Crippen MR) is 329 cm³/mol. The van der Waals surface area contributed by atoms with E-state index in [1.807, 2.05) is 0 Å². The van der Waals surface area contributed by atoms with Crippen molar-refractivity contribution >= 4 is 96.1 Å². The Morgan fingerprint density at radius 3 is 1.39 bits per heavy atom. The Morgan fingerprint density at radius 2 is 0.816 bits per heavy atom. The number of fused-ring (bicyclic) bond motifs is 7. The predicted octanol–water partition coefficient (Wildman–Crippen LogP) is 17.8. The van der Waals surface area contributed by atoms with Gasteiger partial charge in [-0.3, -0.25) is 0 Å². The fourth-order valence-corrected chi connectivity index (χ4v) is 12.0. The van der Waals surface area contributed by atoms with Crippen LogP contribution in [0.3, 0.4) is 0 Å². The van der Waals surface area contributed by atoms with E-state index in [1.54, 1.807) is 0 Å². The first-order chi connectivity index (χ1) is 36.1. The van der Waals surface area contributed by atoms with E-state index in [0.717, 1.165) is 28.4 Å². The van der Waals surface area contributed by atoms with Crippen LogP contribution in [-0.4, -0.2) is 11.3 Å². The van der Waals surface area contributed by atoms with E-state index in [4.69, 9.17) is 0 Å². The summed E-state index contributed by atoms with van der Waals surface area (Å²) in [6.45, 7) is 29.9. The van der Waals surface area contributed by atoms with Gasteiger partial charge in [-0.1, -0.05) is 180 Å². The Morgan fingerprint density at radius 1 is 0.342 bits per heavy atom. The van der Waals surface area contributed by atoms with Crippen molar-refractivity contribution in [2.24, 2.45) is 0 Å². The molecule has 0 amide bonds. The fourth-order valence-electron chi connectivity index (χ4n) is 12.0. The highest BCUT2D eigenvalue weighted by molar-refractivity contribution is 7.00. The van der Waals surface area contributed by atoms with Crippen molar-refractivity contribution in [3.63, 3.8) is 0 Å². The maximum Gasteiger partial charge on any atom is 0.252 e. The van der Waals surface area contributed by atoms with Crippen LogP contribution in [0.15, 0.2) is 194 Å². The Hall–Kier alpha value is -7.76. The Bertz CT molecular complexity index is 3860. The summed E-state index contributed by atoms with van der Waals surface area (Å²) in [5.74, 6) is 0. The molecule has 0 atom stereocenters. The molecule has 2 aliphatic rings. The van der Waals surface area contributed by atoms with Gasteiger partial charge in [0.05, 0.1) is 11.0 Å². The lowest BCUT2D eigenvalue weighted by atomic mass is 9.33. The average Bonchev–Trinajstić information content (AvgIpc) is 3.79. The molecule has 0 radical (unpaired) electrons. The van der Waals surface area contributed by atoms with E-state index in [-0.39, 0.29) is 28.4 Å². The number of nitrogens with zero attached hydrogens (tertiary/aromatic N) is 4. The molecule has 0 spiro atoms. The van der Waals surface area contributed by atoms with Crippen LogP contribution in [0.2, 0.25) is 0 Å². The molecule has 1 aromatic heterocycles. The van der Waals surface area contributed by atoms with Gasteiger partial charge in [-0.15, -0.1) is 0 Å². The van der Waals surface area contributed by atoms with Crippen molar-refractivity contribution in [1.29, 1.82) is 0 Å². The number of para-hydroxylation sites is 2. The Labute approximate surface area is 452 Å². The molecule has 0 saturated carbocycles. The molecule has 9 aromatic carbocycles. The van der Waals surface area contributed by atoms with Gasteiger partial charge in [0.15, 0.2) is 0 Å². The maximum atomic E-state index is 2.57. The zero-order valence-corrected chi connectivity index (χ0v) is 46.8. The van der Waals surface area contributed by atoms with Crippen LogP contribution in [0.1, 0.15) is 111 Å². The molecular weight excluding hydrogens is 920 g/mol. The maximum absolute atomic E-state index is 2.57. The molecule has 2 aliphatic heterocycles. The first kappa shape index (κ1) is 49.1. The average molecular weight is 991 g/mol. The number of rotatable bonds is 6. The third-order valence-electron chi connectivity index (χ3n) is 16.2. The number of anilines is 9. The van der Waals surface area contributed by atoms with Gasteiger partial charge < -0.3 is 19.3 Å². The molecule has 0 unspecified atom stereocenters. The minimum atomic E-state index is -0.0524. The van der Waals surface area contributed by atoms with Gasteiger partial charge in [-0.25, -0.2) is 0 Å². The molecule has 76 heavy (non-hydrogen) atoms. The lowest BCUT2D eigenvalue weighted by molar-refractivity contribution is 0.590. The summed E-state index contributed by atoms with van der Waals surface area (Å²) in [7, 11) is 0. The standard InChI is InChI=1S/C71H71BN4/c1-46-41-65-67-66(42-46)76(54-34-27-49(28-35-54)70(8,9)10)64-45-56(37-39-59(64)72(67)60-43-50(71(11,12)13)29-40-62(60)75(65)53-32-25-48(26-33-53)69(5,6)7)73(52-30-23-47(24-31-52)68(2,3)4)55-36-38-58-57-21-17-18-22-61(57)74(63(58)44-55)51-19-15-14-16-20-51/h14-45H,1-13H3. The van der Waals surface area contributed by atoms with Crippen LogP contribution in [-0.2, 0) is 21.7 Å². The van der Waals surface area contributed by atoms with Crippen LogP contribution < -0.4 is 31.1 Å². The molecule has 4 nitrogen and oxygen atoms in total.